The molecule has 5 nitrogen and oxygen atoms in total. The van der Waals surface area contributed by atoms with Crippen LogP contribution in [0.3, 0.4) is 0 Å². The summed E-state index contributed by atoms with van der Waals surface area (Å²) < 4.78 is 0. The fourth-order valence-electron chi connectivity index (χ4n) is 2.55. The van der Waals surface area contributed by atoms with Gasteiger partial charge in [0.05, 0.1) is 5.56 Å². The number of phenolic OH excluding ortho intramolecular Hbond substituents is 2. The van der Waals surface area contributed by atoms with Gasteiger partial charge >= 0.3 is 0 Å². The summed E-state index contributed by atoms with van der Waals surface area (Å²) in [6, 6.07) is 4.05. The molecule has 0 aliphatic carbocycles. The van der Waals surface area contributed by atoms with E-state index in [9.17, 15) is 15.0 Å². The average Bonchev–Trinajstić information content (AvgIpc) is 2.45. The van der Waals surface area contributed by atoms with Crippen molar-refractivity contribution in [1.29, 1.82) is 0 Å². The molecule has 0 spiro atoms. The smallest absolute Gasteiger partial charge is 0.257 e. The molecule has 1 aliphatic rings. The number of aromatic hydroxyl groups is 2. The number of hydrogen-bond acceptors (Lipinski definition) is 4. The summed E-state index contributed by atoms with van der Waals surface area (Å²) >= 11 is 0. The van der Waals surface area contributed by atoms with Gasteiger partial charge in [-0.15, -0.1) is 0 Å². The minimum absolute atomic E-state index is 0.0450. The molecule has 110 valence electrons. The van der Waals surface area contributed by atoms with Crippen LogP contribution in [0.2, 0.25) is 0 Å². The van der Waals surface area contributed by atoms with Crippen molar-refractivity contribution in [2.75, 3.05) is 26.7 Å². The van der Waals surface area contributed by atoms with Crippen LogP contribution in [0.5, 0.6) is 11.5 Å². The minimum Gasteiger partial charge on any atom is -0.508 e. The lowest BCUT2D eigenvalue weighted by molar-refractivity contribution is 0.0781. The fourth-order valence-corrected chi connectivity index (χ4v) is 2.55. The molecular formula is C15H22N2O3. The highest BCUT2D eigenvalue weighted by Gasteiger charge is 2.18. The van der Waals surface area contributed by atoms with Crippen LogP contribution in [0.15, 0.2) is 18.2 Å². The lowest BCUT2D eigenvalue weighted by atomic mass is 9.94. The van der Waals surface area contributed by atoms with Crippen molar-refractivity contribution in [3.63, 3.8) is 0 Å². The maximum atomic E-state index is 12.2. The summed E-state index contributed by atoms with van der Waals surface area (Å²) in [7, 11) is 1.75. The lowest BCUT2D eigenvalue weighted by Gasteiger charge is -2.25. The number of phenols is 2. The van der Waals surface area contributed by atoms with E-state index in [1.807, 2.05) is 0 Å². The van der Waals surface area contributed by atoms with Crippen LogP contribution in [0.25, 0.3) is 0 Å². The molecule has 0 saturated carbocycles. The molecule has 1 heterocycles. The van der Waals surface area contributed by atoms with Gasteiger partial charge in [0.25, 0.3) is 5.91 Å². The molecule has 0 atom stereocenters. The van der Waals surface area contributed by atoms with Crippen LogP contribution in [0.1, 0.15) is 29.6 Å². The lowest BCUT2D eigenvalue weighted by Crippen LogP contribution is -2.32. The van der Waals surface area contributed by atoms with Crippen molar-refractivity contribution in [2.24, 2.45) is 5.92 Å². The summed E-state index contributed by atoms with van der Waals surface area (Å²) in [5, 5.41) is 22.3. The molecule has 0 aromatic heterocycles. The van der Waals surface area contributed by atoms with Gasteiger partial charge in [-0.05, 0) is 50.4 Å². The molecule has 1 saturated heterocycles. The van der Waals surface area contributed by atoms with E-state index in [1.54, 1.807) is 11.9 Å². The number of rotatable bonds is 4. The van der Waals surface area contributed by atoms with Crippen molar-refractivity contribution >= 4 is 5.91 Å². The first kappa shape index (κ1) is 14.7. The van der Waals surface area contributed by atoms with Gasteiger partial charge in [-0.1, -0.05) is 0 Å². The van der Waals surface area contributed by atoms with E-state index < -0.39 is 0 Å². The first-order chi connectivity index (χ1) is 9.58. The van der Waals surface area contributed by atoms with Crippen LogP contribution in [0.4, 0.5) is 0 Å². The van der Waals surface area contributed by atoms with Crippen molar-refractivity contribution in [3.8, 4) is 11.5 Å². The van der Waals surface area contributed by atoms with Crippen molar-refractivity contribution < 1.29 is 15.0 Å². The van der Waals surface area contributed by atoms with E-state index in [1.165, 1.54) is 18.2 Å². The van der Waals surface area contributed by atoms with Gasteiger partial charge < -0.3 is 20.4 Å². The maximum absolute atomic E-state index is 12.2. The van der Waals surface area contributed by atoms with Gasteiger partial charge in [-0.2, -0.15) is 0 Å². The van der Waals surface area contributed by atoms with Crippen LogP contribution in [-0.2, 0) is 0 Å². The molecular weight excluding hydrogens is 256 g/mol. The number of amides is 1. The number of benzene rings is 1. The van der Waals surface area contributed by atoms with Gasteiger partial charge in [0, 0.05) is 19.7 Å². The number of nitrogens with zero attached hydrogens (tertiary/aromatic N) is 1. The highest BCUT2D eigenvalue weighted by atomic mass is 16.3. The molecule has 0 unspecified atom stereocenters. The van der Waals surface area contributed by atoms with E-state index >= 15 is 0 Å². The predicted molar refractivity (Wildman–Crippen MR) is 76.9 cm³/mol. The van der Waals surface area contributed by atoms with E-state index in [4.69, 9.17) is 0 Å². The molecule has 0 bridgehead atoms. The first-order valence-corrected chi connectivity index (χ1v) is 7.06. The molecule has 3 N–H and O–H groups in total. The summed E-state index contributed by atoms with van der Waals surface area (Å²) in [6.45, 7) is 2.80. The highest BCUT2D eigenvalue weighted by molar-refractivity contribution is 5.96. The zero-order valence-corrected chi connectivity index (χ0v) is 11.8. The molecule has 5 heteroatoms. The fraction of sp³-hybridized carbons (Fsp3) is 0.533. The van der Waals surface area contributed by atoms with Crippen molar-refractivity contribution in [2.45, 2.75) is 19.3 Å². The monoisotopic (exact) mass is 278 g/mol. The summed E-state index contributed by atoms with van der Waals surface area (Å²) in [5.74, 6) is 0.233. The van der Waals surface area contributed by atoms with E-state index in [0.29, 0.717) is 12.5 Å². The third kappa shape index (κ3) is 3.63. The van der Waals surface area contributed by atoms with Crippen LogP contribution < -0.4 is 5.32 Å². The largest absolute Gasteiger partial charge is 0.508 e. The van der Waals surface area contributed by atoms with Gasteiger partial charge in [0.2, 0.25) is 0 Å². The SMILES string of the molecule is CN(CCC1CCNCC1)C(=O)c1ccc(O)cc1O. The standard InChI is InChI=1S/C15H22N2O3/c1-17(9-6-11-4-7-16-8-5-11)15(20)13-3-2-12(18)10-14(13)19/h2-3,10-11,16,18-19H,4-9H2,1H3. The Balaban J connectivity index is 1.90. The van der Waals surface area contributed by atoms with Crippen LogP contribution in [0, 0.1) is 5.92 Å². The van der Waals surface area contributed by atoms with Crippen molar-refractivity contribution in [3.05, 3.63) is 23.8 Å². The predicted octanol–water partition coefficient (Wildman–Crippen LogP) is 1.56. The summed E-state index contributed by atoms with van der Waals surface area (Å²) in [5.41, 5.74) is 0.232. The zero-order valence-electron chi connectivity index (χ0n) is 11.8. The Kier molecular flexibility index (Phi) is 4.84. The molecule has 1 amide bonds. The Labute approximate surface area is 119 Å². The van der Waals surface area contributed by atoms with Gasteiger partial charge in [0.1, 0.15) is 11.5 Å². The molecule has 1 fully saturated rings. The molecule has 1 aliphatic heterocycles. The first-order valence-electron chi connectivity index (χ1n) is 7.06. The number of hydrogen-bond donors (Lipinski definition) is 3. The summed E-state index contributed by atoms with van der Waals surface area (Å²) in [4.78, 5) is 13.9. The average molecular weight is 278 g/mol. The maximum Gasteiger partial charge on any atom is 0.257 e. The van der Waals surface area contributed by atoms with Crippen LogP contribution >= 0.6 is 0 Å². The second kappa shape index (κ2) is 6.61. The molecule has 1 aromatic rings. The Hall–Kier alpha value is -1.75. The van der Waals surface area contributed by atoms with Gasteiger partial charge in [0.15, 0.2) is 0 Å². The Morgan fingerprint density at radius 1 is 1.35 bits per heavy atom. The number of piperidine rings is 1. The number of carbonyl (C=O) groups excluding carboxylic acids is 1. The Bertz CT molecular complexity index is 470. The van der Waals surface area contributed by atoms with Crippen molar-refractivity contribution in [1.82, 2.24) is 10.2 Å². The Morgan fingerprint density at radius 3 is 2.70 bits per heavy atom. The second-order valence-electron chi connectivity index (χ2n) is 5.41. The van der Waals surface area contributed by atoms with E-state index in [0.717, 1.165) is 32.4 Å². The van der Waals surface area contributed by atoms with Crippen LogP contribution in [-0.4, -0.2) is 47.7 Å². The zero-order chi connectivity index (χ0) is 14.5. The third-order valence-corrected chi connectivity index (χ3v) is 3.89. The third-order valence-electron chi connectivity index (χ3n) is 3.89. The number of carbonyl (C=O) groups is 1. The van der Waals surface area contributed by atoms with E-state index in [-0.39, 0.29) is 23.0 Å². The molecule has 2 rings (SSSR count). The quantitative estimate of drug-likeness (QED) is 0.781. The highest BCUT2D eigenvalue weighted by Crippen LogP contribution is 2.24. The summed E-state index contributed by atoms with van der Waals surface area (Å²) in [6.07, 6.45) is 3.31. The molecule has 0 radical (unpaired) electrons. The molecule has 20 heavy (non-hydrogen) atoms. The van der Waals surface area contributed by atoms with Gasteiger partial charge in [-0.3, -0.25) is 4.79 Å². The second-order valence-corrected chi connectivity index (χ2v) is 5.41. The van der Waals surface area contributed by atoms with Gasteiger partial charge in [-0.25, -0.2) is 0 Å². The van der Waals surface area contributed by atoms with E-state index in [2.05, 4.69) is 5.32 Å². The molecule has 1 aromatic carbocycles. The topological polar surface area (TPSA) is 72.8 Å². The number of nitrogens with one attached hydrogen (secondary N) is 1. The Morgan fingerprint density at radius 2 is 2.05 bits per heavy atom. The minimum atomic E-state index is -0.212. The normalized spacial score (nSPS) is 16.1.